The van der Waals surface area contributed by atoms with Gasteiger partial charge in [-0.25, -0.2) is 0 Å². The van der Waals surface area contributed by atoms with Gasteiger partial charge in [0.2, 0.25) is 0 Å². The number of alkyl halides is 2. The number of ether oxygens (including phenoxy) is 2. The second-order valence-electron chi connectivity index (χ2n) is 2.49. The molecule has 1 N–H and O–H groups in total. The topological polar surface area (TPSA) is 41.9 Å². The molecule has 0 aliphatic carbocycles. The van der Waals surface area contributed by atoms with Crippen LogP contribution in [-0.4, -0.2) is 49.3 Å². The number of nitrogens with zero attached hydrogens (tertiary/aromatic N) is 1. The summed E-state index contributed by atoms with van der Waals surface area (Å²) in [6.45, 7) is -2.03. The first kappa shape index (κ1) is 9.79. The average molecular weight is 183 g/mol. The van der Waals surface area contributed by atoms with Crippen molar-refractivity contribution in [1.82, 2.24) is 5.06 Å². The van der Waals surface area contributed by atoms with Gasteiger partial charge in [-0.3, -0.25) is 0 Å². The molecule has 0 spiro atoms. The fourth-order valence-electron chi connectivity index (χ4n) is 0.964. The molecule has 0 aromatic heterocycles. The number of rotatable bonds is 3. The number of halogens is 2. The van der Waals surface area contributed by atoms with Crippen molar-refractivity contribution >= 4 is 0 Å². The van der Waals surface area contributed by atoms with E-state index in [0.717, 1.165) is 5.06 Å². The van der Waals surface area contributed by atoms with Crippen molar-refractivity contribution in [2.24, 2.45) is 0 Å². The maximum atomic E-state index is 11.6. The highest BCUT2D eigenvalue weighted by Crippen LogP contribution is 2.06. The molecule has 12 heavy (non-hydrogen) atoms. The third-order valence-electron chi connectivity index (χ3n) is 1.61. The lowest BCUT2D eigenvalue weighted by Gasteiger charge is -2.29. The Hall–Kier alpha value is -0.300. The Bertz CT molecular complexity index is 136. The Balaban J connectivity index is 2.20. The van der Waals surface area contributed by atoms with Crippen LogP contribution in [-0.2, 0) is 9.47 Å². The molecule has 0 aromatic rings. The van der Waals surface area contributed by atoms with E-state index >= 15 is 0 Å². The van der Waals surface area contributed by atoms with E-state index in [4.69, 9.17) is 9.94 Å². The lowest BCUT2D eigenvalue weighted by atomic mass is 10.3. The third kappa shape index (κ3) is 2.98. The summed E-state index contributed by atoms with van der Waals surface area (Å²) in [5.41, 5.74) is 0. The molecule has 0 amide bonds. The lowest BCUT2D eigenvalue weighted by Crippen LogP contribution is -2.46. The molecule has 1 rings (SSSR count). The van der Waals surface area contributed by atoms with Crippen LogP contribution in [0, 0.1) is 0 Å². The van der Waals surface area contributed by atoms with Crippen molar-refractivity contribution < 1.29 is 23.5 Å². The monoisotopic (exact) mass is 183 g/mol. The van der Waals surface area contributed by atoms with Crippen LogP contribution in [0.5, 0.6) is 0 Å². The predicted molar refractivity (Wildman–Crippen MR) is 35.1 cm³/mol. The van der Waals surface area contributed by atoms with E-state index in [1.807, 2.05) is 0 Å². The fourth-order valence-corrected chi connectivity index (χ4v) is 0.964. The summed E-state index contributed by atoms with van der Waals surface area (Å²) < 4.78 is 32.1. The molecule has 1 fully saturated rings. The Morgan fingerprint density at radius 2 is 2.42 bits per heavy atom. The van der Waals surface area contributed by atoms with Gasteiger partial charge in [0.05, 0.1) is 25.9 Å². The molecular formula is C6H11F2NO3. The van der Waals surface area contributed by atoms with Gasteiger partial charge in [0.1, 0.15) is 0 Å². The van der Waals surface area contributed by atoms with Crippen LogP contribution in [0.2, 0.25) is 0 Å². The second-order valence-corrected chi connectivity index (χ2v) is 2.49. The Morgan fingerprint density at radius 3 is 3.00 bits per heavy atom. The molecule has 1 heterocycles. The summed E-state index contributed by atoms with van der Waals surface area (Å²) >= 11 is 0. The summed E-state index contributed by atoms with van der Waals surface area (Å²) in [4.78, 5) is 0. The van der Waals surface area contributed by atoms with E-state index < -0.39 is 12.7 Å². The van der Waals surface area contributed by atoms with Gasteiger partial charge in [-0.05, 0) is 0 Å². The zero-order valence-corrected chi connectivity index (χ0v) is 6.45. The molecule has 0 bridgehead atoms. The Labute approximate surface area is 68.6 Å². The molecular weight excluding hydrogens is 172 g/mol. The van der Waals surface area contributed by atoms with E-state index in [-0.39, 0.29) is 13.2 Å². The number of hydroxylamine groups is 2. The molecule has 1 saturated heterocycles. The van der Waals surface area contributed by atoms with Gasteiger partial charge in [0.15, 0.2) is 0 Å². The van der Waals surface area contributed by atoms with Gasteiger partial charge in [-0.15, -0.1) is 0 Å². The molecule has 0 saturated carbocycles. The van der Waals surface area contributed by atoms with Gasteiger partial charge in [0, 0.05) is 6.54 Å². The standard InChI is InChI=1S/C6H11F2NO3/c7-6(8)12-4-5-3-11-2-1-9(5)10/h5-6,10H,1-4H2/t5-/m1/s1. The largest absolute Gasteiger partial charge is 0.378 e. The maximum absolute atomic E-state index is 11.6. The SMILES string of the molecule is ON1CCOC[C@@H]1COC(F)F. The highest BCUT2D eigenvalue weighted by molar-refractivity contribution is 4.67. The zero-order chi connectivity index (χ0) is 8.97. The van der Waals surface area contributed by atoms with E-state index in [1.54, 1.807) is 0 Å². The summed E-state index contributed by atoms with van der Waals surface area (Å²) in [6, 6.07) is -0.479. The van der Waals surface area contributed by atoms with Crippen molar-refractivity contribution in [2.45, 2.75) is 12.7 Å². The van der Waals surface area contributed by atoms with E-state index in [9.17, 15) is 8.78 Å². The van der Waals surface area contributed by atoms with Crippen LogP contribution in [0.25, 0.3) is 0 Å². The van der Waals surface area contributed by atoms with Crippen molar-refractivity contribution in [3.63, 3.8) is 0 Å². The average Bonchev–Trinajstić information content (AvgIpc) is 2.03. The van der Waals surface area contributed by atoms with Crippen molar-refractivity contribution in [3.05, 3.63) is 0 Å². The normalized spacial score (nSPS) is 26.5. The molecule has 4 nitrogen and oxygen atoms in total. The third-order valence-corrected chi connectivity index (χ3v) is 1.61. The molecule has 1 aliphatic rings. The number of hydrogen-bond donors (Lipinski definition) is 1. The maximum Gasteiger partial charge on any atom is 0.345 e. The molecule has 0 unspecified atom stereocenters. The molecule has 0 radical (unpaired) electrons. The van der Waals surface area contributed by atoms with Crippen LogP contribution in [0.15, 0.2) is 0 Å². The van der Waals surface area contributed by atoms with E-state index in [2.05, 4.69) is 4.74 Å². The number of hydrogen-bond acceptors (Lipinski definition) is 4. The zero-order valence-electron chi connectivity index (χ0n) is 6.45. The van der Waals surface area contributed by atoms with Crippen molar-refractivity contribution in [3.8, 4) is 0 Å². The summed E-state index contributed by atoms with van der Waals surface area (Å²) in [5, 5.41) is 10.1. The fraction of sp³-hybridized carbons (Fsp3) is 1.00. The molecule has 1 aliphatic heterocycles. The molecule has 1 atom stereocenters. The summed E-state index contributed by atoms with van der Waals surface area (Å²) in [6.07, 6.45) is 0. The summed E-state index contributed by atoms with van der Waals surface area (Å²) in [5.74, 6) is 0. The minimum absolute atomic E-state index is 0.214. The van der Waals surface area contributed by atoms with E-state index in [0.29, 0.717) is 13.2 Å². The highest BCUT2D eigenvalue weighted by atomic mass is 19.3. The van der Waals surface area contributed by atoms with Gasteiger partial charge < -0.3 is 14.7 Å². The molecule has 6 heteroatoms. The highest BCUT2D eigenvalue weighted by Gasteiger charge is 2.22. The lowest BCUT2D eigenvalue weighted by molar-refractivity contribution is -0.217. The Kier molecular flexibility index (Phi) is 3.80. The van der Waals surface area contributed by atoms with Crippen molar-refractivity contribution in [2.75, 3.05) is 26.4 Å². The van der Waals surface area contributed by atoms with Gasteiger partial charge in [-0.2, -0.15) is 13.8 Å². The van der Waals surface area contributed by atoms with Crippen LogP contribution in [0.1, 0.15) is 0 Å². The molecule has 72 valence electrons. The minimum atomic E-state index is -2.79. The summed E-state index contributed by atoms with van der Waals surface area (Å²) in [7, 11) is 0. The smallest absolute Gasteiger partial charge is 0.345 e. The van der Waals surface area contributed by atoms with Crippen LogP contribution in [0.4, 0.5) is 8.78 Å². The quantitative estimate of drug-likeness (QED) is 0.684. The van der Waals surface area contributed by atoms with Crippen LogP contribution >= 0.6 is 0 Å². The van der Waals surface area contributed by atoms with E-state index in [1.165, 1.54) is 0 Å². The predicted octanol–water partition coefficient (Wildman–Crippen LogP) is 0.316. The first-order valence-corrected chi connectivity index (χ1v) is 3.63. The Morgan fingerprint density at radius 1 is 1.67 bits per heavy atom. The minimum Gasteiger partial charge on any atom is -0.378 e. The number of morpholine rings is 1. The van der Waals surface area contributed by atoms with Crippen LogP contribution in [0.3, 0.4) is 0 Å². The second kappa shape index (κ2) is 4.66. The molecule has 0 aromatic carbocycles. The van der Waals surface area contributed by atoms with Gasteiger partial charge in [0.25, 0.3) is 0 Å². The van der Waals surface area contributed by atoms with Crippen molar-refractivity contribution in [1.29, 1.82) is 0 Å². The van der Waals surface area contributed by atoms with Crippen LogP contribution < -0.4 is 0 Å². The van der Waals surface area contributed by atoms with Gasteiger partial charge in [-0.1, -0.05) is 0 Å². The first-order chi connectivity index (χ1) is 5.70. The first-order valence-electron chi connectivity index (χ1n) is 3.63. The van der Waals surface area contributed by atoms with Gasteiger partial charge >= 0.3 is 6.61 Å².